The summed E-state index contributed by atoms with van der Waals surface area (Å²) >= 11 is 0. The molecule has 3 rings (SSSR count). The summed E-state index contributed by atoms with van der Waals surface area (Å²) in [5, 5.41) is 0. The highest BCUT2D eigenvalue weighted by molar-refractivity contribution is 5.81. The number of piperidine rings is 1. The zero-order valence-corrected chi connectivity index (χ0v) is 14.4. The highest BCUT2D eigenvalue weighted by Gasteiger charge is 2.34. The molecule has 2 aliphatic heterocycles. The molecule has 1 saturated heterocycles. The Balaban J connectivity index is 1.80. The number of likely N-dealkylation sites (N-methyl/N-ethyl adjacent to an activating group) is 1. The molecule has 0 spiro atoms. The van der Waals surface area contributed by atoms with Gasteiger partial charge in [-0.25, -0.2) is 4.79 Å². The Morgan fingerprint density at radius 2 is 1.96 bits per heavy atom. The number of likely N-dealkylation sites (tertiary alicyclic amines) is 1. The van der Waals surface area contributed by atoms with Crippen molar-refractivity contribution < 1.29 is 9.59 Å². The van der Waals surface area contributed by atoms with Gasteiger partial charge in [0.1, 0.15) is 0 Å². The van der Waals surface area contributed by atoms with Gasteiger partial charge in [-0.15, -0.1) is 0 Å². The maximum absolute atomic E-state index is 13.1. The van der Waals surface area contributed by atoms with Crippen molar-refractivity contribution in [1.29, 1.82) is 0 Å². The molecule has 3 amide bonds. The van der Waals surface area contributed by atoms with E-state index in [2.05, 4.69) is 31.0 Å². The summed E-state index contributed by atoms with van der Waals surface area (Å²) in [4.78, 5) is 30.3. The maximum Gasteiger partial charge on any atom is 0.314 e. The van der Waals surface area contributed by atoms with Crippen LogP contribution in [0, 0.1) is 5.92 Å². The fourth-order valence-corrected chi connectivity index (χ4v) is 3.86. The van der Waals surface area contributed by atoms with Crippen LogP contribution in [0.3, 0.4) is 0 Å². The van der Waals surface area contributed by atoms with Crippen molar-refractivity contribution in [2.75, 3.05) is 31.6 Å². The molecule has 24 heavy (non-hydrogen) atoms. The van der Waals surface area contributed by atoms with E-state index in [4.69, 9.17) is 5.73 Å². The number of primary amides is 1. The summed E-state index contributed by atoms with van der Waals surface area (Å²) in [5.41, 5.74) is 7.75. The van der Waals surface area contributed by atoms with Gasteiger partial charge in [-0.3, -0.25) is 4.79 Å². The first kappa shape index (κ1) is 16.6. The average molecular weight is 330 g/mol. The van der Waals surface area contributed by atoms with Crippen LogP contribution in [-0.4, -0.2) is 54.5 Å². The van der Waals surface area contributed by atoms with Crippen molar-refractivity contribution in [3.8, 4) is 0 Å². The van der Waals surface area contributed by atoms with E-state index in [0.717, 1.165) is 19.4 Å². The van der Waals surface area contributed by atoms with E-state index in [1.54, 1.807) is 4.90 Å². The van der Waals surface area contributed by atoms with E-state index in [1.165, 1.54) is 11.3 Å². The van der Waals surface area contributed by atoms with E-state index in [1.807, 2.05) is 17.0 Å². The third-order valence-electron chi connectivity index (χ3n) is 5.18. The van der Waals surface area contributed by atoms with Crippen molar-refractivity contribution in [3.63, 3.8) is 0 Å². The number of carbonyl (C=O) groups is 2. The number of benzene rings is 1. The summed E-state index contributed by atoms with van der Waals surface area (Å²) < 4.78 is 0. The molecular weight excluding hydrogens is 304 g/mol. The number of carbonyl (C=O) groups excluding carboxylic acids is 2. The molecule has 0 radical (unpaired) electrons. The van der Waals surface area contributed by atoms with E-state index in [-0.39, 0.29) is 17.9 Å². The minimum atomic E-state index is -0.429. The summed E-state index contributed by atoms with van der Waals surface area (Å²) in [6, 6.07) is 7.93. The summed E-state index contributed by atoms with van der Waals surface area (Å²) in [6.07, 6.45) is 1.65. The molecule has 0 saturated carbocycles. The molecule has 1 aromatic rings. The van der Waals surface area contributed by atoms with Crippen LogP contribution in [0.1, 0.15) is 25.3 Å². The van der Waals surface area contributed by atoms with Crippen LogP contribution in [0.25, 0.3) is 0 Å². The third kappa shape index (κ3) is 3.18. The molecule has 0 aromatic heterocycles. The van der Waals surface area contributed by atoms with Crippen LogP contribution >= 0.6 is 0 Å². The van der Waals surface area contributed by atoms with Gasteiger partial charge in [0, 0.05) is 45.0 Å². The Hall–Kier alpha value is -2.24. The summed E-state index contributed by atoms with van der Waals surface area (Å²) in [6.45, 7) is 4.60. The fraction of sp³-hybridized carbons (Fsp3) is 0.556. The van der Waals surface area contributed by atoms with E-state index in [9.17, 15) is 9.59 Å². The smallest absolute Gasteiger partial charge is 0.314 e. The molecule has 1 aromatic carbocycles. The number of anilines is 1. The SMILES string of the molecule is C[C@@H]1CN(C)c2ccccc2CN1C(=O)[C@@H]1CCCN(C(N)=O)C1. The lowest BCUT2D eigenvalue weighted by atomic mass is 9.96. The van der Waals surface area contributed by atoms with Crippen LogP contribution in [0.2, 0.25) is 0 Å². The molecule has 1 fully saturated rings. The molecule has 2 N–H and O–H groups in total. The number of rotatable bonds is 1. The first-order valence-corrected chi connectivity index (χ1v) is 8.61. The van der Waals surface area contributed by atoms with E-state index in [0.29, 0.717) is 19.6 Å². The van der Waals surface area contributed by atoms with Crippen LogP contribution in [0.15, 0.2) is 24.3 Å². The second-order valence-corrected chi connectivity index (χ2v) is 6.95. The molecule has 2 heterocycles. The van der Waals surface area contributed by atoms with Crippen LogP contribution in [0.5, 0.6) is 0 Å². The lowest BCUT2D eigenvalue weighted by Crippen LogP contribution is -2.50. The monoisotopic (exact) mass is 330 g/mol. The number of hydrogen-bond acceptors (Lipinski definition) is 3. The Morgan fingerprint density at radius 3 is 2.71 bits per heavy atom. The summed E-state index contributed by atoms with van der Waals surface area (Å²) in [7, 11) is 2.07. The number of urea groups is 1. The average Bonchev–Trinajstić information content (AvgIpc) is 2.71. The molecule has 2 aliphatic rings. The van der Waals surface area contributed by atoms with Crippen molar-refractivity contribution in [3.05, 3.63) is 29.8 Å². The summed E-state index contributed by atoms with van der Waals surface area (Å²) in [5.74, 6) is -0.0113. The second-order valence-electron chi connectivity index (χ2n) is 6.95. The number of para-hydroxylation sites is 1. The van der Waals surface area contributed by atoms with Gasteiger partial charge in [-0.05, 0) is 31.4 Å². The zero-order chi connectivity index (χ0) is 17.3. The van der Waals surface area contributed by atoms with Crippen molar-refractivity contribution >= 4 is 17.6 Å². The van der Waals surface area contributed by atoms with Gasteiger partial charge in [-0.1, -0.05) is 18.2 Å². The van der Waals surface area contributed by atoms with Gasteiger partial charge < -0.3 is 20.4 Å². The lowest BCUT2D eigenvalue weighted by molar-refractivity contribution is -0.139. The van der Waals surface area contributed by atoms with Gasteiger partial charge >= 0.3 is 6.03 Å². The van der Waals surface area contributed by atoms with E-state index >= 15 is 0 Å². The molecule has 2 atom stereocenters. The first-order chi connectivity index (χ1) is 11.5. The molecule has 0 bridgehead atoms. The molecule has 0 unspecified atom stereocenters. The topological polar surface area (TPSA) is 69.9 Å². The Bertz CT molecular complexity index is 633. The Labute approximate surface area is 143 Å². The second kappa shape index (κ2) is 6.71. The highest BCUT2D eigenvalue weighted by Crippen LogP contribution is 2.28. The molecule has 6 heteroatoms. The van der Waals surface area contributed by atoms with E-state index < -0.39 is 6.03 Å². The van der Waals surface area contributed by atoms with Crippen LogP contribution < -0.4 is 10.6 Å². The standard InChI is InChI=1S/C18H26N4O2/c1-13-10-20(2)16-8-4-3-6-14(16)12-22(13)17(23)15-7-5-9-21(11-15)18(19)24/h3-4,6,8,13,15H,5,7,9-12H2,1-2H3,(H2,19,24)/t13-,15-/m1/s1. The normalized spacial score (nSPS) is 24.3. The van der Waals surface area contributed by atoms with Gasteiger partial charge in [0.2, 0.25) is 5.91 Å². The first-order valence-electron chi connectivity index (χ1n) is 8.61. The van der Waals surface area contributed by atoms with Gasteiger partial charge in [0.25, 0.3) is 0 Å². The van der Waals surface area contributed by atoms with Gasteiger partial charge in [0.05, 0.1) is 5.92 Å². The number of fused-ring (bicyclic) bond motifs is 1. The minimum Gasteiger partial charge on any atom is -0.372 e. The number of hydrogen-bond donors (Lipinski definition) is 1. The zero-order valence-electron chi connectivity index (χ0n) is 14.4. The lowest BCUT2D eigenvalue weighted by Gasteiger charge is -2.36. The van der Waals surface area contributed by atoms with Gasteiger partial charge in [-0.2, -0.15) is 0 Å². The van der Waals surface area contributed by atoms with Crippen LogP contribution in [0.4, 0.5) is 10.5 Å². The predicted molar refractivity (Wildman–Crippen MR) is 93.6 cm³/mol. The fourth-order valence-electron chi connectivity index (χ4n) is 3.86. The molecular formula is C18H26N4O2. The minimum absolute atomic E-state index is 0.124. The maximum atomic E-state index is 13.1. The number of nitrogens with zero attached hydrogens (tertiary/aromatic N) is 3. The molecule has 0 aliphatic carbocycles. The van der Waals surface area contributed by atoms with Crippen LogP contribution in [-0.2, 0) is 11.3 Å². The Morgan fingerprint density at radius 1 is 1.21 bits per heavy atom. The highest BCUT2D eigenvalue weighted by atomic mass is 16.2. The van der Waals surface area contributed by atoms with Crippen molar-refractivity contribution in [1.82, 2.24) is 9.80 Å². The Kier molecular flexibility index (Phi) is 4.64. The van der Waals surface area contributed by atoms with Crippen molar-refractivity contribution in [2.45, 2.75) is 32.4 Å². The molecule has 130 valence electrons. The molecule has 6 nitrogen and oxygen atoms in total. The predicted octanol–water partition coefficient (Wildman–Crippen LogP) is 1.64. The van der Waals surface area contributed by atoms with Crippen molar-refractivity contribution in [2.24, 2.45) is 11.7 Å². The number of amides is 3. The number of nitrogens with two attached hydrogens (primary N) is 1. The largest absolute Gasteiger partial charge is 0.372 e. The van der Waals surface area contributed by atoms with Gasteiger partial charge in [0.15, 0.2) is 0 Å². The third-order valence-corrected chi connectivity index (χ3v) is 5.18. The quantitative estimate of drug-likeness (QED) is 0.851.